The van der Waals surface area contributed by atoms with Gasteiger partial charge in [0.15, 0.2) is 0 Å². The van der Waals surface area contributed by atoms with Crippen molar-refractivity contribution >= 4 is 0 Å². The SMILES string of the molecule is Cc1ccc(C(C)(O)c2cccc(OC(C)C)c2)cc1. The Bertz CT molecular complexity index is 568. The van der Waals surface area contributed by atoms with Gasteiger partial charge in [-0.1, -0.05) is 42.0 Å². The summed E-state index contributed by atoms with van der Waals surface area (Å²) in [6, 6.07) is 15.6. The van der Waals surface area contributed by atoms with Gasteiger partial charge in [0.05, 0.1) is 6.10 Å². The van der Waals surface area contributed by atoms with Gasteiger partial charge < -0.3 is 9.84 Å². The zero-order valence-electron chi connectivity index (χ0n) is 12.6. The number of rotatable bonds is 4. The Labute approximate surface area is 121 Å². The van der Waals surface area contributed by atoms with E-state index in [0.29, 0.717) is 0 Å². The first-order valence-electron chi connectivity index (χ1n) is 6.96. The second-order valence-corrected chi connectivity index (χ2v) is 5.63. The monoisotopic (exact) mass is 270 g/mol. The average Bonchev–Trinajstić information content (AvgIpc) is 2.39. The van der Waals surface area contributed by atoms with Gasteiger partial charge in [-0.3, -0.25) is 0 Å². The summed E-state index contributed by atoms with van der Waals surface area (Å²) in [6.45, 7) is 7.83. The van der Waals surface area contributed by atoms with Gasteiger partial charge in [0.25, 0.3) is 0 Å². The maximum Gasteiger partial charge on any atom is 0.120 e. The predicted molar refractivity (Wildman–Crippen MR) is 82.1 cm³/mol. The molecule has 0 saturated heterocycles. The number of hydrogen-bond donors (Lipinski definition) is 1. The summed E-state index contributed by atoms with van der Waals surface area (Å²) in [6.07, 6.45) is 0.120. The fourth-order valence-electron chi connectivity index (χ4n) is 2.19. The summed E-state index contributed by atoms with van der Waals surface area (Å²) >= 11 is 0. The Morgan fingerprint density at radius 1 is 1.00 bits per heavy atom. The van der Waals surface area contributed by atoms with Crippen LogP contribution in [0.25, 0.3) is 0 Å². The van der Waals surface area contributed by atoms with Crippen molar-refractivity contribution in [2.24, 2.45) is 0 Å². The lowest BCUT2D eigenvalue weighted by atomic mass is 9.88. The van der Waals surface area contributed by atoms with E-state index in [1.165, 1.54) is 5.56 Å². The second-order valence-electron chi connectivity index (χ2n) is 5.63. The van der Waals surface area contributed by atoms with E-state index in [2.05, 4.69) is 0 Å². The fourth-order valence-corrected chi connectivity index (χ4v) is 2.19. The van der Waals surface area contributed by atoms with Gasteiger partial charge in [-0.2, -0.15) is 0 Å². The Morgan fingerprint density at radius 2 is 1.65 bits per heavy atom. The lowest BCUT2D eigenvalue weighted by Gasteiger charge is -2.25. The molecule has 0 radical (unpaired) electrons. The molecule has 20 heavy (non-hydrogen) atoms. The van der Waals surface area contributed by atoms with E-state index in [0.717, 1.165) is 16.9 Å². The molecule has 1 N–H and O–H groups in total. The normalized spacial score (nSPS) is 14.1. The topological polar surface area (TPSA) is 29.5 Å². The number of benzene rings is 2. The Kier molecular flexibility index (Phi) is 4.15. The van der Waals surface area contributed by atoms with Gasteiger partial charge in [0.1, 0.15) is 11.4 Å². The molecule has 2 heteroatoms. The van der Waals surface area contributed by atoms with Gasteiger partial charge in [-0.25, -0.2) is 0 Å². The van der Waals surface area contributed by atoms with Gasteiger partial charge in [0, 0.05) is 0 Å². The highest BCUT2D eigenvalue weighted by molar-refractivity contribution is 5.40. The molecule has 1 unspecified atom stereocenters. The molecule has 0 saturated carbocycles. The minimum Gasteiger partial charge on any atom is -0.491 e. The first-order valence-corrected chi connectivity index (χ1v) is 6.96. The van der Waals surface area contributed by atoms with Crippen LogP contribution in [0.5, 0.6) is 5.75 Å². The van der Waals surface area contributed by atoms with Crippen LogP contribution >= 0.6 is 0 Å². The maximum atomic E-state index is 10.9. The lowest BCUT2D eigenvalue weighted by Crippen LogP contribution is -2.22. The summed E-state index contributed by atoms with van der Waals surface area (Å²) < 4.78 is 5.69. The third-order valence-electron chi connectivity index (χ3n) is 3.38. The van der Waals surface area contributed by atoms with Crippen molar-refractivity contribution in [1.82, 2.24) is 0 Å². The molecule has 0 bridgehead atoms. The molecule has 1 atom stereocenters. The van der Waals surface area contributed by atoms with E-state index in [4.69, 9.17) is 4.74 Å². The van der Waals surface area contributed by atoms with E-state index in [9.17, 15) is 5.11 Å². The fraction of sp³-hybridized carbons (Fsp3) is 0.333. The summed E-state index contributed by atoms with van der Waals surface area (Å²) in [5.74, 6) is 0.782. The van der Waals surface area contributed by atoms with Gasteiger partial charge >= 0.3 is 0 Å². The van der Waals surface area contributed by atoms with Crippen LogP contribution in [0.4, 0.5) is 0 Å². The molecule has 0 aliphatic carbocycles. The van der Waals surface area contributed by atoms with Crippen molar-refractivity contribution in [2.75, 3.05) is 0 Å². The van der Waals surface area contributed by atoms with Crippen molar-refractivity contribution in [2.45, 2.75) is 39.4 Å². The van der Waals surface area contributed by atoms with Crippen LogP contribution in [0.15, 0.2) is 48.5 Å². The smallest absolute Gasteiger partial charge is 0.120 e. The molecule has 0 aliphatic rings. The molecule has 106 valence electrons. The number of hydrogen-bond acceptors (Lipinski definition) is 2. The summed E-state index contributed by atoms with van der Waals surface area (Å²) in [5.41, 5.74) is 1.87. The van der Waals surface area contributed by atoms with Crippen LogP contribution in [0.1, 0.15) is 37.5 Å². The van der Waals surface area contributed by atoms with Crippen LogP contribution in [0.2, 0.25) is 0 Å². The Morgan fingerprint density at radius 3 is 2.25 bits per heavy atom. The number of aryl methyl sites for hydroxylation is 1. The molecule has 0 spiro atoms. The van der Waals surface area contributed by atoms with Crippen molar-refractivity contribution in [3.05, 3.63) is 65.2 Å². The zero-order chi connectivity index (χ0) is 14.8. The van der Waals surface area contributed by atoms with Gasteiger partial charge in [-0.05, 0) is 51.0 Å². The van der Waals surface area contributed by atoms with Crippen LogP contribution < -0.4 is 4.74 Å². The molecule has 0 heterocycles. The van der Waals surface area contributed by atoms with Crippen LogP contribution in [-0.4, -0.2) is 11.2 Å². The highest BCUT2D eigenvalue weighted by Gasteiger charge is 2.25. The van der Waals surface area contributed by atoms with E-state index >= 15 is 0 Å². The summed E-state index contributed by atoms with van der Waals surface area (Å²) in [5, 5.41) is 10.9. The highest BCUT2D eigenvalue weighted by Crippen LogP contribution is 2.31. The van der Waals surface area contributed by atoms with E-state index in [1.807, 2.05) is 76.2 Å². The Hall–Kier alpha value is -1.80. The Balaban J connectivity index is 2.35. The van der Waals surface area contributed by atoms with Gasteiger partial charge in [-0.15, -0.1) is 0 Å². The molecule has 0 fully saturated rings. The molecular weight excluding hydrogens is 248 g/mol. The first-order chi connectivity index (χ1) is 9.39. The second kappa shape index (κ2) is 5.68. The third kappa shape index (κ3) is 3.20. The highest BCUT2D eigenvalue weighted by atomic mass is 16.5. The molecule has 0 aliphatic heterocycles. The third-order valence-corrected chi connectivity index (χ3v) is 3.38. The lowest BCUT2D eigenvalue weighted by molar-refractivity contribution is 0.102. The van der Waals surface area contributed by atoms with Crippen molar-refractivity contribution in [3.63, 3.8) is 0 Å². The predicted octanol–water partition coefficient (Wildman–Crippen LogP) is 4.04. The average molecular weight is 270 g/mol. The number of aliphatic hydroxyl groups is 1. The van der Waals surface area contributed by atoms with Crippen LogP contribution in [0, 0.1) is 6.92 Å². The quantitative estimate of drug-likeness (QED) is 0.908. The van der Waals surface area contributed by atoms with E-state index < -0.39 is 5.60 Å². The maximum absolute atomic E-state index is 10.9. The summed E-state index contributed by atoms with van der Waals surface area (Å²) in [7, 11) is 0. The summed E-state index contributed by atoms with van der Waals surface area (Å²) in [4.78, 5) is 0. The molecule has 0 aromatic heterocycles. The minimum atomic E-state index is -1.02. The van der Waals surface area contributed by atoms with Crippen LogP contribution in [0.3, 0.4) is 0 Å². The standard InChI is InChI=1S/C18H22O2/c1-13(2)20-17-7-5-6-16(12-17)18(4,19)15-10-8-14(3)9-11-15/h5-13,19H,1-4H3. The van der Waals surface area contributed by atoms with Crippen molar-refractivity contribution in [3.8, 4) is 5.75 Å². The number of ether oxygens (including phenoxy) is 1. The van der Waals surface area contributed by atoms with Crippen molar-refractivity contribution < 1.29 is 9.84 Å². The largest absolute Gasteiger partial charge is 0.491 e. The molecule has 2 rings (SSSR count). The molecular formula is C18H22O2. The molecule has 2 nitrogen and oxygen atoms in total. The minimum absolute atomic E-state index is 0.120. The first kappa shape index (κ1) is 14.6. The molecule has 2 aromatic carbocycles. The van der Waals surface area contributed by atoms with Crippen molar-refractivity contribution in [1.29, 1.82) is 0 Å². The molecule has 2 aromatic rings. The zero-order valence-corrected chi connectivity index (χ0v) is 12.6. The van der Waals surface area contributed by atoms with Crippen LogP contribution in [-0.2, 0) is 5.60 Å². The molecule has 0 amide bonds. The van der Waals surface area contributed by atoms with E-state index in [-0.39, 0.29) is 6.10 Å². The van der Waals surface area contributed by atoms with E-state index in [1.54, 1.807) is 0 Å². The van der Waals surface area contributed by atoms with Gasteiger partial charge in [0.2, 0.25) is 0 Å².